The predicted octanol–water partition coefficient (Wildman–Crippen LogP) is 4.49. The van der Waals surface area contributed by atoms with Crippen LogP contribution in [0.25, 0.3) is 11.3 Å². The number of hydrogen-bond acceptors (Lipinski definition) is 4. The lowest BCUT2D eigenvalue weighted by atomic mass is 9.92. The highest BCUT2D eigenvalue weighted by Gasteiger charge is 2.22. The van der Waals surface area contributed by atoms with Crippen molar-refractivity contribution in [2.45, 2.75) is 25.8 Å². The Bertz CT molecular complexity index is 936. The minimum absolute atomic E-state index is 0.262. The molecule has 1 atom stereocenters. The van der Waals surface area contributed by atoms with Crippen molar-refractivity contribution >= 4 is 5.97 Å². The van der Waals surface area contributed by atoms with E-state index >= 15 is 0 Å². The maximum Gasteiger partial charge on any atom is 0.336 e. The van der Waals surface area contributed by atoms with E-state index in [2.05, 4.69) is 16.0 Å². The molecule has 1 aliphatic rings. The number of furan rings is 1. The first-order valence-electron chi connectivity index (χ1n) is 9.71. The summed E-state index contributed by atoms with van der Waals surface area (Å²) in [4.78, 5) is 18.1. The smallest absolute Gasteiger partial charge is 0.336 e. The fraction of sp³-hybridized carbons (Fsp3) is 0.304. The molecule has 4 rings (SSSR count). The second-order valence-electron chi connectivity index (χ2n) is 7.43. The zero-order chi connectivity index (χ0) is 19.3. The average molecular weight is 376 g/mol. The van der Waals surface area contributed by atoms with Gasteiger partial charge in [-0.1, -0.05) is 24.3 Å². The van der Waals surface area contributed by atoms with E-state index in [-0.39, 0.29) is 5.56 Å². The number of benzene rings is 1. The predicted molar refractivity (Wildman–Crippen MR) is 107 cm³/mol. The second-order valence-corrected chi connectivity index (χ2v) is 7.43. The topological polar surface area (TPSA) is 66.6 Å². The number of piperidine rings is 1. The van der Waals surface area contributed by atoms with E-state index in [0.29, 0.717) is 17.2 Å². The number of carboxylic acids is 1. The van der Waals surface area contributed by atoms with Gasteiger partial charge in [-0.2, -0.15) is 0 Å². The number of rotatable bonds is 6. The summed E-state index contributed by atoms with van der Waals surface area (Å²) in [6.45, 7) is 2.85. The maximum absolute atomic E-state index is 11.5. The van der Waals surface area contributed by atoms with Crippen LogP contribution in [-0.4, -0.2) is 34.0 Å². The number of likely N-dealkylation sites (tertiary alicyclic amines) is 1. The van der Waals surface area contributed by atoms with E-state index in [4.69, 9.17) is 4.42 Å². The van der Waals surface area contributed by atoms with E-state index in [1.165, 1.54) is 18.4 Å². The Kier molecular flexibility index (Phi) is 5.53. The maximum atomic E-state index is 11.5. The van der Waals surface area contributed by atoms with Crippen molar-refractivity contribution in [1.82, 2.24) is 9.88 Å². The molecule has 0 bridgehead atoms. The Morgan fingerprint density at radius 3 is 2.89 bits per heavy atom. The lowest BCUT2D eigenvalue weighted by Crippen LogP contribution is -2.35. The Morgan fingerprint density at radius 1 is 1.18 bits per heavy atom. The van der Waals surface area contributed by atoms with Crippen LogP contribution >= 0.6 is 0 Å². The van der Waals surface area contributed by atoms with Crippen molar-refractivity contribution in [1.29, 1.82) is 0 Å². The molecule has 1 unspecified atom stereocenters. The van der Waals surface area contributed by atoms with Crippen LogP contribution in [0, 0.1) is 5.92 Å². The summed E-state index contributed by atoms with van der Waals surface area (Å²) < 4.78 is 6.00. The molecule has 5 nitrogen and oxygen atoms in total. The van der Waals surface area contributed by atoms with Crippen molar-refractivity contribution in [2.24, 2.45) is 5.92 Å². The normalized spacial score (nSPS) is 17.5. The Labute approximate surface area is 164 Å². The van der Waals surface area contributed by atoms with Gasteiger partial charge >= 0.3 is 5.97 Å². The van der Waals surface area contributed by atoms with Gasteiger partial charge in [0.15, 0.2) is 0 Å². The number of aromatic nitrogens is 1. The Balaban J connectivity index is 1.42. The average Bonchev–Trinajstić information content (AvgIpc) is 3.17. The number of pyridine rings is 1. The number of carboxylic acid groups (broad SMARTS) is 1. The van der Waals surface area contributed by atoms with Crippen LogP contribution in [0.4, 0.5) is 0 Å². The molecular formula is C23H24N2O3. The first-order chi connectivity index (χ1) is 13.7. The monoisotopic (exact) mass is 376 g/mol. The molecule has 28 heavy (non-hydrogen) atoms. The summed E-state index contributed by atoms with van der Waals surface area (Å²) >= 11 is 0. The zero-order valence-electron chi connectivity index (χ0n) is 15.8. The van der Waals surface area contributed by atoms with Gasteiger partial charge in [0.1, 0.15) is 11.5 Å². The molecule has 1 N–H and O–H groups in total. The molecule has 0 aliphatic carbocycles. The van der Waals surface area contributed by atoms with Crippen LogP contribution in [0.15, 0.2) is 65.3 Å². The third kappa shape index (κ3) is 4.31. The van der Waals surface area contributed by atoms with Gasteiger partial charge in [0, 0.05) is 24.5 Å². The van der Waals surface area contributed by atoms with Crippen molar-refractivity contribution in [2.75, 3.05) is 13.1 Å². The van der Waals surface area contributed by atoms with Crippen LogP contribution in [-0.2, 0) is 13.0 Å². The number of nitrogens with zero attached hydrogens (tertiary/aromatic N) is 2. The van der Waals surface area contributed by atoms with Crippen LogP contribution < -0.4 is 0 Å². The highest BCUT2D eigenvalue weighted by molar-refractivity contribution is 5.95. The molecule has 1 aromatic carbocycles. The highest BCUT2D eigenvalue weighted by Crippen LogP contribution is 2.28. The van der Waals surface area contributed by atoms with Gasteiger partial charge in [-0.05, 0) is 61.6 Å². The fourth-order valence-electron chi connectivity index (χ4n) is 4.03. The first-order valence-corrected chi connectivity index (χ1v) is 9.71. The molecule has 144 valence electrons. The molecular weight excluding hydrogens is 352 g/mol. The number of aromatic carboxylic acids is 1. The molecule has 5 heteroatoms. The van der Waals surface area contributed by atoms with E-state index in [1.54, 1.807) is 18.2 Å². The van der Waals surface area contributed by atoms with Gasteiger partial charge in [-0.25, -0.2) is 4.79 Å². The minimum Gasteiger partial charge on any atom is -0.478 e. The summed E-state index contributed by atoms with van der Waals surface area (Å²) in [7, 11) is 0. The molecule has 3 aromatic rings. The molecule has 1 fully saturated rings. The summed E-state index contributed by atoms with van der Waals surface area (Å²) in [5, 5.41) is 9.39. The zero-order valence-corrected chi connectivity index (χ0v) is 15.8. The van der Waals surface area contributed by atoms with Gasteiger partial charge in [0.2, 0.25) is 0 Å². The van der Waals surface area contributed by atoms with Gasteiger partial charge < -0.3 is 9.52 Å². The molecule has 0 radical (unpaired) electrons. The largest absolute Gasteiger partial charge is 0.478 e. The number of carbonyl (C=O) groups is 1. The summed E-state index contributed by atoms with van der Waals surface area (Å²) in [6.07, 6.45) is 7.24. The molecule has 1 aliphatic heterocycles. The lowest BCUT2D eigenvalue weighted by molar-refractivity contribution is 0.0697. The minimum atomic E-state index is -0.942. The first kappa shape index (κ1) is 18.4. The van der Waals surface area contributed by atoms with Crippen molar-refractivity contribution in [3.05, 3.63) is 77.8 Å². The van der Waals surface area contributed by atoms with E-state index < -0.39 is 5.97 Å². The van der Waals surface area contributed by atoms with Crippen LogP contribution in [0.1, 0.15) is 34.5 Å². The van der Waals surface area contributed by atoms with Crippen molar-refractivity contribution in [3.8, 4) is 11.3 Å². The van der Waals surface area contributed by atoms with E-state index in [1.807, 2.05) is 36.7 Å². The van der Waals surface area contributed by atoms with E-state index in [9.17, 15) is 9.90 Å². The highest BCUT2D eigenvalue weighted by atomic mass is 16.4. The molecule has 0 saturated carbocycles. The van der Waals surface area contributed by atoms with Crippen molar-refractivity contribution in [3.63, 3.8) is 0 Å². The van der Waals surface area contributed by atoms with Gasteiger partial charge in [-0.15, -0.1) is 0 Å². The molecule has 0 spiro atoms. The third-order valence-corrected chi connectivity index (χ3v) is 5.31. The SMILES string of the molecule is O=C(O)c1ccccc1-c1ccc(CN2CCCC(Cc3cccnc3)C2)o1. The fourth-order valence-corrected chi connectivity index (χ4v) is 4.03. The quantitative estimate of drug-likeness (QED) is 0.686. The summed E-state index contributed by atoms with van der Waals surface area (Å²) in [5.41, 5.74) is 2.17. The third-order valence-electron chi connectivity index (χ3n) is 5.31. The number of hydrogen-bond donors (Lipinski definition) is 1. The molecule has 2 aromatic heterocycles. The van der Waals surface area contributed by atoms with Crippen LogP contribution in [0.5, 0.6) is 0 Å². The van der Waals surface area contributed by atoms with Gasteiger partial charge in [-0.3, -0.25) is 9.88 Å². The van der Waals surface area contributed by atoms with Crippen LogP contribution in [0.2, 0.25) is 0 Å². The van der Waals surface area contributed by atoms with Gasteiger partial charge in [0.25, 0.3) is 0 Å². The summed E-state index contributed by atoms with van der Waals surface area (Å²) in [5.74, 6) is 1.16. The lowest BCUT2D eigenvalue weighted by Gasteiger charge is -2.32. The molecule has 1 saturated heterocycles. The molecule has 3 heterocycles. The van der Waals surface area contributed by atoms with Crippen molar-refractivity contribution < 1.29 is 14.3 Å². The Morgan fingerprint density at radius 2 is 2.07 bits per heavy atom. The second kappa shape index (κ2) is 8.40. The standard InChI is InChI=1S/C23H24N2O3/c26-23(27)21-8-2-1-7-20(21)22-10-9-19(28-22)16-25-12-4-6-18(15-25)13-17-5-3-11-24-14-17/h1-3,5,7-11,14,18H,4,6,12-13,15-16H2,(H,26,27). The molecule has 0 amide bonds. The van der Waals surface area contributed by atoms with Crippen LogP contribution in [0.3, 0.4) is 0 Å². The Hall–Kier alpha value is -2.92. The summed E-state index contributed by atoms with van der Waals surface area (Å²) in [6, 6.07) is 14.9. The van der Waals surface area contributed by atoms with Gasteiger partial charge in [0.05, 0.1) is 12.1 Å². The van der Waals surface area contributed by atoms with E-state index in [0.717, 1.165) is 31.8 Å².